The zero-order chi connectivity index (χ0) is 15.3. The minimum Gasteiger partial charge on any atom is -0.478 e. The Morgan fingerprint density at radius 3 is 2.30 bits per heavy atom. The second-order valence-corrected chi connectivity index (χ2v) is 4.27. The van der Waals surface area contributed by atoms with Gasteiger partial charge in [0.05, 0.1) is 11.1 Å². The van der Waals surface area contributed by atoms with Crippen LogP contribution in [0.1, 0.15) is 27.6 Å². The highest BCUT2D eigenvalue weighted by Gasteiger charge is 2.20. The van der Waals surface area contributed by atoms with Gasteiger partial charge in [-0.3, -0.25) is 4.79 Å². The van der Waals surface area contributed by atoms with Crippen LogP contribution < -0.4 is 5.32 Å². The molecule has 0 radical (unpaired) electrons. The lowest BCUT2D eigenvalue weighted by Crippen LogP contribution is -2.33. The fraction of sp³-hybridized carbons (Fsp3) is 0.385. The molecule has 0 fully saturated rings. The van der Waals surface area contributed by atoms with Crippen molar-refractivity contribution in [1.82, 2.24) is 10.2 Å². The molecule has 5 nitrogen and oxygen atoms in total. The van der Waals surface area contributed by atoms with Gasteiger partial charge in [0.25, 0.3) is 5.91 Å². The van der Waals surface area contributed by atoms with Gasteiger partial charge < -0.3 is 15.3 Å². The number of nitrogens with zero attached hydrogens (tertiary/aromatic N) is 1. The molecule has 0 atom stereocenters. The number of carbonyl (C=O) groups is 2. The van der Waals surface area contributed by atoms with Crippen molar-refractivity contribution in [3.63, 3.8) is 0 Å². The van der Waals surface area contributed by atoms with Gasteiger partial charge in [-0.25, -0.2) is 13.6 Å². The van der Waals surface area contributed by atoms with E-state index >= 15 is 0 Å². The van der Waals surface area contributed by atoms with Gasteiger partial charge in [0.15, 0.2) is 11.6 Å². The number of carboxylic acid groups (broad SMARTS) is 1. The quantitative estimate of drug-likeness (QED) is 0.828. The molecule has 0 heterocycles. The lowest BCUT2D eigenvalue weighted by Gasteiger charge is -2.14. The summed E-state index contributed by atoms with van der Waals surface area (Å²) in [7, 11) is 1.85. The zero-order valence-corrected chi connectivity index (χ0v) is 11.2. The van der Waals surface area contributed by atoms with Gasteiger partial charge in [-0.15, -0.1) is 0 Å². The van der Waals surface area contributed by atoms with Crippen LogP contribution in [0.15, 0.2) is 12.1 Å². The Kier molecular flexibility index (Phi) is 5.57. The Balaban J connectivity index is 2.86. The summed E-state index contributed by atoms with van der Waals surface area (Å²) in [6.07, 6.45) is 0. The molecule has 110 valence electrons. The van der Waals surface area contributed by atoms with Gasteiger partial charge in [0.1, 0.15) is 0 Å². The number of nitrogens with one attached hydrogen (secondary N) is 1. The molecular weight excluding hydrogens is 270 g/mol. The maximum absolute atomic E-state index is 13.1. The first kappa shape index (κ1) is 16.0. The van der Waals surface area contributed by atoms with Crippen molar-refractivity contribution < 1.29 is 23.5 Å². The fourth-order valence-electron chi connectivity index (χ4n) is 1.53. The maximum Gasteiger partial charge on any atom is 0.336 e. The Hall–Kier alpha value is -2.02. The Bertz CT molecular complexity index is 521. The third-order valence-electron chi connectivity index (χ3n) is 2.85. The minimum atomic E-state index is -1.49. The van der Waals surface area contributed by atoms with Crippen molar-refractivity contribution in [3.8, 4) is 0 Å². The summed E-state index contributed by atoms with van der Waals surface area (Å²) in [6, 6.07) is 1.10. The standard InChI is InChI=1S/C13H16F2N2O3/c1-3-17(2)5-4-16-12(18)8-6-10(14)11(15)7-9(8)13(19)20/h6-7H,3-5H2,1-2H3,(H,16,18)(H,19,20). The van der Waals surface area contributed by atoms with E-state index in [1.54, 1.807) is 0 Å². The second-order valence-electron chi connectivity index (χ2n) is 4.27. The van der Waals surface area contributed by atoms with Crippen LogP contribution in [0.2, 0.25) is 0 Å². The van der Waals surface area contributed by atoms with E-state index in [0.717, 1.165) is 6.54 Å². The summed E-state index contributed by atoms with van der Waals surface area (Å²) in [5, 5.41) is 11.4. The van der Waals surface area contributed by atoms with Crippen LogP contribution in [-0.2, 0) is 0 Å². The highest BCUT2D eigenvalue weighted by molar-refractivity contribution is 6.04. The molecule has 0 aliphatic heterocycles. The average Bonchev–Trinajstić information content (AvgIpc) is 2.40. The first-order valence-corrected chi connectivity index (χ1v) is 6.05. The minimum absolute atomic E-state index is 0.279. The molecule has 7 heteroatoms. The van der Waals surface area contributed by atoms with E-state index < -0.39 is 34.6 Å². The predicted octanol–water partition coefficient (Wildman–Crippen LogP) is 1.34. The van der Waals surface area contributed by atoms with E-state index in [-0.39, 0.29) is 6.54 Å². The first-order valence-electron chi connectivity index (χ1n) is 6.05. The number of hydrogen-bond donors (Lipinski definition) is 2. The molecule has 1 rings (SSSR count). The van der Waals surface area contributed by atoms with Crippen LogP contribution >= 0.6 is 0 Å². The monoisotopic (exact) mass is 286 g/mol. The van der Waals surface area contributed by atoms with Crippen LogP contribution in [-0.4, -0.2) is 48.6 Å². The normalized spacial score (nSPS) is 10.7. The average molecular weight is 286 g/mol. The topological polar surface area (TPSA) is 69.6 Å². The fourth-order valence-corrected chi connectivity index (χ4v) is 1.53. The lowest BCUT2D eigenvalue weighted by molar-refractivity contribution is 0.0690. The summed E-state index contributed by atoms with van der Waals surface area (Å²) in [5.74, 6) is -4.79. The van der Waals surface area contributed by atoms with Crippen molar-refractivity contribution in [2.24, 2.45) is 0 Å². The zero-order valence-electron chi connectivity index (χ0n) is 11.2. The summed E-state index contributed by atoms with van der Waals surface area (Å²) in [4.78, 5) is 24.7. The maximum atomic E-state index is 13.1. The van der Waals surface area contributed by atoms with E-state index in [1.165, 1.54) is 0 Å². The molecule has 0 saturated heterocycles. The van der Waals surface area contributed by atoms with Crippen molar-refractivity contribution in [1.29, 1.82) is 0 Å². The Morgan fingerprint density at radius 1 is 1.25 bits per heavy atom. The highest BCUT2D eigenvalue weighted by atomic mass is 19.2. The largest absolute Gasteiger partial charge is 0.478 e. The molecule has 0 aliphatic rings. The molecule has 20 heavy (non-hydrogen) atoms. The number of aromatic carboxylic acids is 1. The molecule has 0 spiro atoms. The summed E-state index contributed by atoms with van der Waals surface area (Å²) >= 11 is 0. The van der Waals surface area contributed by atoms with Gasteiger partial charge in [-0.1, -0.05) is 6.92 Å². The summed E-state index contributed by atoms with van der Waals surface area (Å²) in [5.41, 5.74) is -0.958. The molecule has 1 amide bonds. The number of carboxylic acids is 1. The first-order chi connectivity index (χ1) is 9.36. The Morgan fingerprint density at radius 2 is 1.80 bits per heavy atom. The van der Waals surface area contributed by atoms with Crippen molar-refractivity contribution in [3.05, 3.63) is 34.9 Å². The molecule has 0 unspecified atom stereocenters. The molecule has 0 aromatic heterocycles. The van der Waals surface area contributed by atoms with E-state index in [9.17, 15) is 18.4 Å². The SMILES string of the molecule is CCN(C)CCNC(=O)c1cc(F)c(F)cc1C(=O)O. The highest BCUT2D eigenvalue weighted by Crippen LogP contribution is 2.15. The third-order valence-corrected chi connectivity index (χ3v) is 2.85. The number of amides is 1. The van der Waals surface area contributed by atoms with E-state index in [0.29, 0.717) is 18.7 Å². The van der Waals surface area contributed by atoms with Crippen molar-refractivity contribution in [2.75, 3.05) is 26.7 Å². The summed E-state index contributed by atoms with van der Waals surface area (Å²) in [6.45, 7) is 3.58. The molecule has 1 aromatic rings. The lowest BCUT2D eigenvalue weighted by atomic mass is 10.1. The van der Waals surface area contributed by atoms with Crippen LogP contribution in [0.25, 0.3) is 0 Å². The Labute approximate surface area is 115 Å². The molecule has 2 N–H and O–H groups in total. The molecule has 0 saturated carbocycles. The van der Waals surface area contributed by atoms with Crippen molar-refractivity contribution >= 4 is 11.9 Å². The number of hydrogen-bond acceptors (Lipinski definition) is 3. The molecular formula is C13H16F2N2O3. The van der Waals surface area contributed by atoms with Gasteiger partial charge in [-0.2, -0.15) is 0 Å². The molecule has 0 bridgehead atoms. The van der Waals surface area contributed by atoms with E-state index in [2.05, 4.69) is 5.32 Å². The number of rotatable bonds is 6. The van der Waals surface area contributed by atoms with Crippen molar-refractivity contribution in [2.45, 2.75) is 6.92 Å². The van der Waals surface area contributed by atoms with Crippen LogP contribution in [0, 0.1) is 11.6 Å². The number of likely N-dealkylation sites (N-methyl/N-ethyl adjacent to an activating group) is 1. The van der Waals surface area contributed by atoms with Gasteiger partial charge >= 0.3 is 5.97 Å². The molecule has 0 aliphatic carbocycles. The van der Waals surface area contributed by atoms with Crippen LogP contribution in [0.5, 0.6) is 0 Å². The number of benzene rings is 1. The van der Waals surface area contributed by atoms with Gasteiger partial charge in [0, 0.05) is 13.1 Å². The van der Waals surface area contributed by atoms with Crippen LogP contribution in [0.4, 0.5) is 8.78 Å². The number of carbonyl (C=O) groups excluding carboxylic acids is 1. The van der Waals surface area contributed by atoms with E-state index in [4.69, 9.17) is 5.11 Å². The number of halogens is 2. The third kappa shape index (κ3) is 3.99. The van der Waals surface area contributed by atoms with E-state index in [1.807, 2.05) is 18.9 Å². The predicted molar refractivity (Wildman–Crippen MR) is 68.8 cm³/mol. The van der Waals surface area contributed by atoms with Gasteiger partial charge in [0.2, 0.25) is 0 Å². The smallest absolute Gasteiger partial charge is 0.336 e. The summed E-state index contributed by atoms with van der Waals surface area (Å²) < 4.78 is 26.1. The molecule has 1 aromatic carbocycles. The second kappa shape index (κ2) is 6.95. The van der Waals surface area contributed by atoms with Crippen LogP contribution in [0.3, 0.4) is 0 Å². The van der Waals surface area contributed by atoms with Gasteiger partial charge in [-0.05, 0) is 25.7 Å².